The van der Waals surface area contributed by atoms with Crippen molar-refractivity contribution in [3.8, 4) is 5.75 Å². The molecule has 0 unspecified atom stereocenters. The molecule has 1 aromatic carbocycles. The number of ether oxygens (including phenoxy) is 1. The number of nitrogens with one attached hydrogen (secondary N) is 2. The van der Waals surface area contributed by atoms with E-state index in [9.17, 15) is 8.42 Å². The van der Waals surface area contributed by atoms with E-state index in [1.54, 1.807) is 24.3 Å². The van der Waals surface area contributed by atoms with Gasteiger partial charge >= 0.3 is 0 Å². The molecule has 1 rings (SSSR count). The fourth-order valence-electron chi connectivity index (χ4n) is 1.71. The molecule has 0 aliphatic heterocycles. The second kappa shape index (κ2) is 9.24. The maximum absolute atomic E-state index is 11.2. The van der Waals surface area contributed by atoms with Gasteiger partial charge in [0.2, 0.25) is 10.0 Å². The van der Waals surface area contributed by atoms with Crippen LogP contribution in [0.2, 0.25) is 0 Å². The number of benzene rings is 1. The Morgan fingerprint density at radius 1 is 1.39 bits per heavy atom. The zero-order valence-electron chi connectivity index (χ0n) is 13.9. The van der Waals surface area contributed by atoms with Crippen LogP contribution in [0.1, 0.15) is 20.3 Å². The Labute approximate surface area is 138 Å². The first kappa shape index (κ1) is 19.1. The van der Waals surface area contributed by atoms with Gasteiger partial charge in [-0.05, 0) is 24.5 Å². The van der Waals surface area contributed by atoms with Gasteiger partial charge < -0.3 is 15.8 Å². The molecule has 0 aromatic heterocycles. The third kappa shape index (κ3) is 9.62. The third-order valence-corrected chi connectivity index (χ3v) is 3.41. The topological polar surface area (TPSA) is 106 Å². The van der Waals surface area contributed by atoms with Crippen LogP contribution in [0.4, 0.5) is 5.69 Å². The predicted molar refractivity (Wildman–Crippen MR) is 94.4 cm³/mol. The van der Waals surface area contributed by atoms with E-state index in [1.165, 1.54) is 0 Å². The second-order valence-corrected chi connectivity index (χ2v) is 7.38. The average molecular weight is 342 g/mol. The highest BCUT2D eigenvalue weighted by molar-refractivity contribution is 7.92. The van der Waals surface area contributed by atoms with Crippen LogP contribution in [-0.4, -0.2) is 40.3 Å². The minimum atomic E-state index is -3.30. The zero-order chi connectivity index (χ0) is 17.3. The van der Waals surface area contributed by atoms with Gasteiger partial charge in [0.1, 0.15) is 12.4 Å². The lowest BCUT2D eigenvalue weighted by atomic mass is 10.1. The first-order chi connectivity index (χ1) is 10.8. The van der Waals surface area contributed by atoms with E-state index in [4.69, 9.17) is 10.5 Å². The van der Waals surface area contributed by atoms with Crippen LogP contribution in [-0.2, 0) is 10.0 Å². The Balaban J connectivity index is 2.34. The molecule has 130 valence electrons. The van der Waals surface area contributed by atoms with Gasteiger partial charge in [0.05, 0.1) is 18.5 Å². The SMILES string of the molecule is CC(C)CCN=C(N)NCCOc1cccc(NS(C)(=O)=O)c1. The Morgan fingerprint density at radius 2 is 2.13 bits per heavy atom. The van der Waals surface area contributed by atoms with Gasteiger partial charge in [-0.15, -0.1) is 0 Å². The van der Waals surface area contributed by atoms with E-state index in [2.05, 4.69) is 28.9 Å². The van der Waals surface area contributed by atoms with Crippen LogP contribution in [0, 0.1) is 5.92 Å². The molecule has 0 fully saturated rings. The largest absolute Gasteiger partial charge is 0.492 e. The maximum Gasteiger partial charge on any atom is 0.229 e. The van der Waals surface area contributed by atoms with Gasteiger partial charge in [-0.25, -0.2) is 8.42 Å². The van der Waals surface area contributed by atoms with Gasteiger partial charge in [-0.3, -0.25) is 9.71 Å². The second-order valence-electron chi connectivity index (χ2n) is 5.63. The van der Waals surface area contributed by atoms with E-state index in [-0.39, 0.29) is 0 Å². The molecule has 0 aliphatic rings. The molecule has 7 nitrogen and oxygen atoms in total. The number of hydrogen-bond acceptors (Lipinski definition) is 4. The van der Waals surface area contributed by atoms with Crippen LogP contribution in [0.5, 0.6) is 5.75 Å². The highest BCUT2D eigenvalue weighted by atomic mass is 32.2. The summed E-state index contributed by atoms with van der Waals surface area (Å²) in [5.41, 5.74) is 6.21. The van der Waals surface area contributed by atoms with Crippen LogP contribution in [0.25, 0.3) is 0 Å². The van der Waals surface area contributed by atoms with Crippen molar-refractivity contribution in [2.45, 2.75) is 20.3 Å². The fourth-order valence-corrected chi connectivity index (χ4v) is 2.27. The summed E-state index contributed by atoms with van der Waals surface area (Å²) < 4.78 is 30.3. The molecule has 0 bridgehead atoms. The standard InChI is InChI=1S/C15H26N4O3S/c1-12(2)7-8-17-15(16)18-9-10-22-14-6-4-5-13(11-14)19-23(3,20)21/h4-6,11-12,19H,7-10H2,1-3H3,(H3,16,17,18). The Bertz CT molecular complexity index is 615. The van der Waals surface area contributed by atoms with E-state index in [0.717, 1.165) is 12.7 Å². The molecule has 0 heterocycles. The third-order valence-electron chi connectivity index (χ3n) is 2.80. The van der Waals surface area contributed by atoms with E-state index in [0.29, 0.717) is 43.0 Å². The van der Waals surface area contributed by atoms with Crippen molar-refractivity contribution in [1.29, 1.82) is 0 Å². The number of nitrogens with two attached hydrogens (primary N) is 1. The van der Waals surface area contributed by atoms with Gasteiger partial charge in [0.25, 0.3) is 0 Å². The van der Waals surface area contributed by atoms with Gasteiger partial charge in [0, 0.05) is 12.6 Å². The molecule has 8 heteroatoms. The molecule has 0 saturated carbocycles. The highest BCUT2D eigenvalue weighted by Gasteiger charge is 2.03. The smallest absolute Gasteiger partial charge is 0.229 e. The minimum Gasteiger partial charge on any atom is -0.492 e. The Morgan fingerprint density at radius 3 is 2.78 bits per heavy atom. The highest BCUT2D eigenvalue weighted by Crippen LogP contribution is 2.17. The van der Waals surface area contributed by atoms with Crippen molar-refractivity contribution in [1.82, 2.24) is 5.32 Å². The van der Waals surface area contributed by atoms with Crippen molar-refractivity contribution < 1.29 is 13.2 Å². The van der Waals surface area contributed by atoms with Gasteiger partial charge in [0.15, 0.2) is 5.96 Å². The maximum atomic E-state index is 11.2. The summed E-state index contributed by atoms with van der Waals surface area (Å²) in [6.07, 6.45) is 2.10. The van der Waals surface area contributed by atoms with E-state index < -0.39 is 10.0 Å². The first-order valence-electron chi connectivity index (χ1n) is 7.50. The summed E-state index contributed by atoms with van der Waals surface area (Å²) in [5, 5.41) is 2.97. The Hall–Kier alpha value is -1.96. The number of anilines is 1. The number of aliphatic imine (C=N–C) groups is 1. The Kier molecular flexibility index (Phi) is 7.67. The van der Waals surface area contributed by atoms with Crippen LogP contribution in [0.3, 0.4) is 0 Å². The molecular formula is C15H26N4O3S. The average Bonchev–Trinajstić information content (AvgIpc) is 2.42. The van der Waals surface area contributed by atoms with Crippen LogP contribution >= 0.6 is 0 Å². The number of sulfonamides is 1. The number of nitrogens with zero attached hydrogens (tertiary/aromatic N) is 1. The van der Waals surface area contributed by atoms with Crippen LogP contribution < -0.4 is 20.5 Å². The summed E-state index contributed by atoms with van der Waals surface area (Å²) in [5.74, 6) is 1.58. The fraction of sp³-hybridized carbons (Fsp3) is 0.533. The molecule has 0 saturated heterocycles. The summed E-state index contributed by atoms with van der Waals surface area (Å²) >= 11 is 0. The number of hydrogen-bond donors (Lipinski definition) is 3. The predicted octanol–water partition coefficient (Wildman–Crippen LogP) is 1.39. The summed E-state index contributed by atoms with van der Waals surface area (Å²) in [4.78, 5) is 4.21. The summed E-state index contributed by atoms with van der Waals surface area (Å²) in [6.45, 7) is 5.89. The van der Waals surface area contributed by atoms with Crippen molar-refractivity contribution in [3.05, 3.63) is 24.3 Å². The summed E-state index contributed by atoms with van der Waals surface area (Å²) in [6, 6.07) is 6.76. The molecule has 0 spiro atoms. The lowest BCUT2D eigenvalue weighted by Gasteiger charge is -2.10. The summed E-state index contributed by atoms with van der Waals surface area (Å²) in [7, 11) is -3.30. The molecule has 1 aromatic rings. The van der Waals surface area contributed by atoms with Crippen molar-refractivity contribution >= 4 is 21.7 Å². The van der Waals surface area contributed by atoms with Crippen molar-refractivity contribution in [2.24, 2.45) is 16.6 Å². The first-order valence-corrected chi connectivity index (χ1v) is 9.40. The van der Waals surface area contributed by atoms with Crippen LogP contribution in [0.15, 0.2) is 29.3 Å². The monoisotopic (exact) mass is 342 g/mol. The molecule has 0 atom stereocenters. The minimum absolute atomic E-state index is 0.392. The normalized spacial score (nSPS) is 12.3. The van der Waals surface area contributed by atoms with Crippen molar-refractivity contribution in [2.75, 3.05) is 30.7 Å². The molecular weight excluding hydrogens is 316 g/mol. The molecule has 0 amide bonds. The zero-order valence-corrected chi connectivity index (χ0v) is 14.7. The quantitative estimate of drug-likeness (QED) is 0.357. The molecule has 0 aliphatic carbocycles. The number of rotatable bonds is 9. The number of guanidine groups is 1. The van der Waals surface area contributed by atoms with E-state index >= 15 is 0 Å². The molecule has 0 radical (unpaired) electrons. The lowest BCUT2D eigenvalue weighted by Crippen LogP contribution is -2.34. The molecule has 23 heavy (non-hydrogen) atoms. The lowest BCUT2D eigenvalue weighted by molar-refractivity contribution is 0.322. The van der Waals surface area contributed by atoms with Gasteiger partial charge in [-0.1, -0.05) is 19.9 Å². The van der Waals surface area contributed by atoms with Gasteiger partial charge in [-0.2, -0.15) is 0 Å². The molecule has 4 N–H and O–H groups in total. The van der Waals surface area contributed by atoms with Crippen molar-refractivity contribution in [3.63, 3.8) is 0 Å². The van der Waals surface area contributed by atoms with E-state index in [1.807, 2.05) is 0 Å².